The van der Waals surface area contributed by atoms with Crippen molar-refractivity contribution in [3.8, 4) is 5.75 Å². The summed E-state index contributed by atoms with van der Waals surface area (Å²) in [4.78, 5) is 26.4. The van der Waals surface area contributed by atoms with Crippen LogP contribution in [0.2, 0.25) is 0 Å². The second kappa shape index (κ2) is 10.2. The van der Waals surface area contributed by atoms with Gasteiger partial charge in [-0.2, -0.15) is 0 Å². The van der Waals surface area contributed by atoms with Crippen molar-refractivity contribution in [2.75, 3.05) is 25.5 Å². The second-order valence-electron chi connectivity index (χ2n) is 5.81. The third-order valence-electron chi connectivity index (χ3n) is 4.08. The topological polar surface area (TPSA) is 70.7 Å². The Balaban J connectivity index is 1.98. The quantitative estimate of drug-likeness (QED) is 0.631. The Morgan fingerprint density at radius 3 is 2.21 bits per heavy atom. The van der Waals surface area contributed by atoms with E-state index in [1.807, 2.05) is 13.8 Å². The summed E-state index contributed by atoms with van der Waals surface area (Å²) < 4.78 is 5.83. The molecule has 0 radical (unpaired) electrons. The fraction of sp³-hybridized carbons (Fsp3) is 0.250. The molecule has 28 heavy (non-hydrogen) atoms. The molecule has 6 nitrogen and oxygen atoms in total. The van der Waals surface area contributed by atoms with Gasteiger partial charge in [-0.1, -0.05) is 0 Å². The largest absolute Gasteiger partial charge is 0.496 e. The van der Waals surface area contributed by atoms with Gasteiger partial charge < -0.3 is 15.0 Å². The van der Waals surface area contributed by atoms with E-state index >= 15 is 0 Å². The van der Waals surface area contributed by atoms with Crippen molar-refractivity contribution >= 4 is 50.8 Å². The maximum Gasteiger partial charge on any atom is 0.257 e. The summed E-state index contributed by atoms with van der Waals surface area (Å²) in [6.45, 7) is 5.21. The first-order valence-electron chi connectivity index (χ1n) is 8.74. The predicted molar refractivity (Wildman–Crippen MR) is 118 cm³/mol. The molecule has 0 aliphatic carbocycles. The smallest absolute Gasteiger partial charge is 0.257 e. The number of ether oxygens (including phenoxy) is 1. The van der Waals surface area contributed by atoms with Crippen molar-refractivity contribution in [3.63, 3.8) is 0 Å². The van der Waals surface area contributed by atoms with Crippen LogP contribution in [0.15, 0.2) is 46.9 Å². The van der Waals surface area contributed by atoms with Crippen molar-refractivity contribution in [3.05, 3.63) is 58.1 Å². The Labute approximate surface area is 178 Å². The molecule has 2 rings (SSSR count). The Hall–Kier alpha value is -2.45. The molecule has 0 bridgehead atoms. The number of nitrogens with one attached hydrogen (secondary N) is 2. The monoisotopic (exact) mass is 463 g/mol. The second-order valence-corrected chi connectivity index (χ2v) is 7.07. The Morgan fingerprint density at radius 2 is 1.68 bits per heavy atom. The van der Waals surface area contributed by atoms with Crippen molar-refractivity contribution in [1.82, 2.24) is 10.2 Å². The number of anilines is 1. The summed E-state index contributed by atoms with van der Waals surface area (Å²) >= 11 is 8.55. The Kier molecular flexibility index (Phi) is 7.95. The predicted octanol–water partition coefficient (Wildman–Crippen LogP) is 4.07. The summed E-state index contributed by atoms with van der Waals surface area (Å²) in [5, 5.41) is 5.74. The zero-order valence-electron chi connectivity index (χ0n) is 15.9. The molecule has 2 amide bonds. The first-order valence-corrected chi connectivity index (χ1v) is 9.94. The van der Waals surface area contributed by atoms with Gasteiger partial charge in [0, 0.05) is 29.9 Å². The average Bonchev–Trinajstić information content (AvgIpc) is 2.69. The van der Waals surface area contributed by atoms with Crippen LogP contribution in [0.1, 0.15) is 34.6 Å². The summed E-state index contributed by atoms with van der Waals surface area (Å²) in [7, 11) is 1.56. The lowest BCUT2D eigenvalue weighted by Gasteiger charge is -2.18. The number of nitrogens with zero attached hydrogens (tertiary/aromatic N) is 1. The first kappa shape index (κ1) is 21.8. The minimum Gasteiger partial charge on any atom is -0.496 e. The van der Waals surface area contributed by atoms with Gasteiger partial charge >= 0.3 is 0 Å². The van der Waals surface area contributed by atoms with Crippen molar-refractivity contribution in [2.24, 2.45) is 0 Å². The van der Waals surface area contributed by atoms with Gasteiger partial charge in [-0.15, -0.1) is 0 Å². The summed E-state index contributed by atoms with van der Waals surface area (Å²) in [5.74, 6) is 0.281. The number of carbonyl (C=O) groups excluding carboxylic acids is 2. The van der Waals surface area contributed by atoms with Gasteiger partial charge in [-0.05, 0) is 84.5 Å². The maximum atomic E-state index is 12.3. The van der Waals surface area contributed by atoms with Crippen molar-refractivity contribution in [1.29, 1.82) is 0 Å². The van der Waals surface area contributed by atoms with E-state index in [1.54, 1.807) is 54.5 Å². The Bertz CT molecular complexity index is 867. The fourth-order valence-electron chi connectivity index (χ4n) is 2.53. The van der Waals surface area contributed by atoms with Crippen LogP contribution >= 0.6 is 28.1 Å². The molecule has 2 aromatic rings. The molecular weight excluding hydrogens is 442 g/mol. The molecule has 2 N–H and O–H groups in total. The molecule has 0 aromatic heterocycles. The van der Waals surface area contributed by atoms with Crippen molar-refractivity contribution < 1.29 is 14.3 Å². The lowest BCUT2D eigenvalue weighted by atomic mass is 10.2. The Morgan fingerprint density at radius 1 is 1.07 bits per heavy atom. The van der Waals surface area contributed by atoms with E-state index in [9.17, 15) is 9.59 Å². The number of halogens is 1. The molecule has 0 saturated heterocycles. The van der Waals surface area contributed by atoms with E-state index in [0.717, 1.165) is 0 Å². The van der Waals surface area contributed by atoms with Crippen LogP contribution in [0.25, 0.3) is 0 Å². The number of rotatable bonds is 6. The van der Waals surface area contributed by atoms with Gasteiger partial charge in [0.25, 0.3) is 11.8 Å². The fourth-order valence-corrected chi connectivity index (χ4v) is 3.29. The van der Waals surface area contributed by atoms with Gasteiger partial charge in [-0.3, -0.25) is 14.9 Å². The van der Waals surface area contributed by atoms with Crippen LogP contribution in [0.5, 0.6) is 5.75 Å². The van der Waals surface area contributed by atoms with E-state index in [4.69, 9.17) is 17.0 Å². The molecule has 0 atom stereocenters. The number of hydrogen-bond acceptors (Lipinski definition) is 4. The molecule has 0 aliphatic rings. The third kappa shape index (κ3) is 5.53. The van der Waals surface area contributed by atoms with Crippen LogP contribution in [0.3, 0.4) is 0 Å². The third-order valence-corrected chi connectivity index (χ3v) is 4.91. The highest BCUT2D eigenvalue weighted by atomic mass is 79.9. The summed E-state index contributed by atoms with van der Waals surface area (Å²) in [6.07, 6.45) is 0. The highest BCUT2D eigenvalue weighted by Crippen LogP contribution is 2.25. The van der Waals surface area contributed by atoms with Crippen LogP contribution in [-0.2, 0) is 0 Å². The molecule has 0 saturated carbocycles. The lowest BCUT2D eigenvalue weighted by molar-refractivity contribution is 0.0772. The number of benzene rings is 2. The number of thiocarbonyl (C=S) groups is 1. The molecule has 8 heteroatoms. The van der Waals surface area contributed by atoms with Crippen LogP contribution in [-0.4, -0.2) is 42.0 Å². The number of carbonyl (C=O) groups is 2. The number of hydrogen-bond donors (Lipinski definition) is 2. The van der Waals surface area contributed by atoms with Crippen LogP contribution in [0.4, 0.5) is 5.69 Å². The van der Waals surface area contributed by atoms with E-state index in [0.29, 0.717) is 40.1 Å². The maximum absolute atomic E-state index is 12.3. The SMILES string of the molecule is CCN(CC)C(=O)c1ccc(NC(=S)NC(=O)c2ccc(OC)c(Br)c2)cc1. The molecule has 0 unspecified atom stereocenters. The number of amides is 2. The molecular formula is C20H22BrN3O3S. The normalized spacial score (nSPS) is 10.1. The minimum absolute atomic E-state index is 0.0162. The van der Waals surface area contributed by atoms with E-state index in [2.05, 4.69) is 26.6 Å². The standard InChI is InChI=1S/C20H22BrN3O3S/c1-4-24(5-2)19(26)13-6-9-15(10-7-13)22-20(28)23-18(25)14-8-11-17(27-3)16(21)12-14/h6-12H,4-5H2,1-3H3,(H2,22,23,25,28). The van der Waals surface area contributed by atoms with E-state index in [1.165, 1.54) is 0 Å². The zero-order valence-corrected chi connectivity index (χ0v) is 18.3. The van der Waals surface area contributed by atoms with Crippen molar-refractivity contribution in [2.45, 2.75) is 13.8 Å². The van der Waals surface area contributed by atoms with E-state index < -0.39 is 0 Å². The molecule has 2 aromatic carbocycles. The molecule has 0 spiro atoms. The first-order chi connectivity index (χ1) is 13.4. The molecule has 148 valence electrons. The van der Waals surface area contributed by atoms with Crippen LogP contribution in [0, 0.1) is 0 Å². The van der Waals surface area contributed by atoms with Gasteiger partial charge in [-0.25, -0.2) is 0 Å². The van der Waals surface area contributed by atoms with Gasteiger partial charge in [0.15, 0.2) is 5.11 Å². The van der Waals surface area contributed by atoms with Gasteiger partial charge in [0.2, 0.25) is 0 Å². The van der Waals surface area contributed by atoms with Crippen LogP contribution < -0.4 is 15.4 Å². The lowest BCUT2D eigenvalue weighted by Crippen LogP contribution is -2.34. The zero-order chi connectivity index (χ0) is 20.7. The molecule has 0 aliphatic heterocycles. The highest BCUT2D eigenvalue weighted by Gasteiger charge is 2.13. The summed E-state index contributed by atoms with van der Waals surface area (Å²) in [5.41, 5.74) is 1.72. The number of methoxy groups -OCH3 is 1. The highest BCUT2D eigenvalue weighted by molar-refractivity contribution is 9.10. The summed E-state index contributed by atoms with van der Waals surface area (Å²) in [6, 6.07) is 12.0. The van der Waals surface area contributed by atoms with Gasteiger partial charge in [0.05, 0.1) is 11.6 Å². The van der Waals surface area contributed by atoms with E-state index in [-0.39, 0.29) is 16.9 Å². The van der Waals surface area contributed by atoms with Gasteiger partial charge in [0.1, 0.15) is 5.75 Å². The molecule has 0 fully saturated rings. The minimum atomic E-state index is -0.339. The average molecular weight is 464 g/mol. The molecule has 0 heterocycles.